The lowest BCUT2D eigenvalue weighted by Crippen LogP contribution is -2.16. The lowest BCUT2D eigenvalue weighted by atomic mass is 10.1. The second-order valence-electron chi connectivity index (χ2n) is 4.03. The van der Waals surface area contributed by atoms with E-state index >= 15 is 0 Å². The Labute approximate surface area is 123 Å². The molecule has 1 heterocycles. The van der Waals surface area contributed by atoms with Crippen molar-refractivity contribution in [3.63, 3.8) is 0 Å². The fraction of sp³-hybridized carbons (Fsp3) is 0.143. The van der Waals surface area contributed by atoms with Gasteiger partial charge in [0.05, 0.1) is 23.1 Å². The van der Waals surface area contributed by atoms with Crippen LogP contribution in [-0.2, 0) is 6.42 Å². The molecule has 2 N–H and O–H groups in total. The standard InChI is InChI=1S/C14H12BrNO4/c1-2-11-8(6-7-20-11)13(17)16-12-9(14(18)19)4-3-5-10(12)15/h3-7H,2H2,1H3,(H,16,17)(H,18,19). The van der Waals surface area contributed by atoms with Gasteiger partial charge in [0.1, 0.15) is 5.76 Å². The molecule has 0 radical (unpaired) electrons. The van der Waals surface area contributed by atoms with Crippen molar-refractivity contribution in [3.05, 3.63) is 51.9 Å². The van der Waals surface area contributed by atoms with Crippen molar-refractivity contribution in [2.24, 2.45) is 0 Å². The normalized spacial score (nSPS) is 10.3. The molecule has 2 aromatic rings. The molecule has 0 aliphatic carbocycles. The summed E-state index contributed by atoms with van der Waals surface area (Å²) in [7, 11) is 0. The summed E-state index contributed by atoms with van der Waals surface area (Å²) >= 11 is 3.24. The average Bonchev–Trinajstić information content (AvgIpc) is 2.89. The van der Waals surface area contributed by atoms with Crippen molar-refractivity contribution in [1.82, 2.24) is 0 Å². The van der Waals surface area contributed by atoms with E-state index in [-0.39, 0.29) is 11.3 Å². The molecule has 1 aromatic heterocycles. The van der Waals surface area contributed by atoms with E-state index in [0.29, 0.717) is 22.2 Å². The van der Waals surface area contributed by atoms with Gasteiger partial charge >= 0.3 is 5.97 Å². The summed E-state index contributed by atoms with van der Waals surface area (Å²) in [4.78, 5) is 23.4. The summed E-state index contributed by atoms with van der Waals surface area (Å²) in [5, 5.41) is 11.8. The summed E-state index contributed by atoms with van der Waals surface area (Å²) in [5.74, 6) is -0.944. The first kappa shape index (κ1) is 14.3. The molecule has 0 bridgehead atoms. The van der Waals surface area contributed by atoms with E-state index in [1.165, 1.54) is 12.3 Å². The number of aryl methyl sites for hydroxylation is 1. The van der Waals surface area contributed by atoms with Gasteiger partial charge < -0.3 is 14.8 Å². The fourth-order valence-corrected chi connectivity index (χ4v) is 2.29. The Morgan fingerprint density at radius 2 is 2.05 bits per heavy atom. The number of hydrogen-bond donors (Lipinski definition) is 2. The number of carbonyl (C=O) groups excluding carboxylic acids is 1. The molecule has 104 valence electrons. The van der Waals surface area contributed by atoms with Crippen molar-refractivity contribution in [2.45, 2.75) is 13.3 Å². The molecule has 0 saturated heterocycles. The summed E-state index contributed by atoms with van der Waals surface area (Å²) in [6.45, 7) is 1.87. The number of aromatic carboxylic acids is 1. The molecule has 0 fully saturated rings. The maximum absolute atomic E-state index is 12.2. The lowest BCUT2D eigenvalue weighted by molar-refractivity contribution is 0.0698. The number of hydrogen-bond acceptors (Lipinski definition) is 3. The quantitative estimate of drug-likeness (QED) is 0.893. The second-order valence-corrected chi connectivity index (χ2v) is 4.89. The van der Waals surface area contributed by atoms with Crippen LogP contribution in [0, 0.1) is 0 Å². The van der Waals surface area contributed by atoms with Gasteiger partial charge in [-0.1, -0.05) is 13.0 Å². The number of benzene rings is 1. The van der Waals surface area contributed by atoms with E-state index in [9.17, 15) is 9.59 Å². The van der Waals surface area contributed by atoms with Gasteiger partial charge in [-0.05, 0) is 34.1 Å². The summed E-state index contributed by atoms with van der Waals surface area (Å²) in [6.07, 6.45) is 2.02. The molecular formula is C14H12BrNO4. The van der Waals surface area contributed by atoms with Gasteiger partial charge in [-0.25, -0.2) is 4.79 Å². The molecule has 2 rings (SSSR count). The van der Waals surface area contributed by atoms with Crippen molar-refractivity contribution >= 4 is 33.5 Å². The lowest BCUT2D eigenvalue weighted by Gasteiger charge is -2.10. The molecule has 0 atom stereocenters. The number of carboxylic acids is 1. The molecule has 0 aliphatic heterocycles. The minimum absolute atomic E-state index is 0.0225. The van der Waals surface area contributed by atoms with Crippen LogP contribution < -0.4 is 5.32 Å². The molecule has 1 amide bonds. The maximum Gasteiger partial charge on any atom is 0.337 e. The van der Waals surface area contributed by atoms with E-state index in [2.05, 4.69) is 21.2 Å². The van der Waals surface area contributed by atoms with Crippen LogP contribution in [0.1, 0.15) is 33.4 Å². The van der Waals surface area contributed by atoms with Crippen LogP contribution in [0.5, 0.6) is 0 Å². The van der Waals surface area contributed by atoms with E-state index < -0.39 is 11.9 Å². The van der Waals surface area contributed by atoms with Gasteiger partial charge in [-0.15, -0.1) is 0 Å². The first-order valence-electron chi connectivity index (χ1n) is 5.94. The predicted molar refractivity (Wildman–Crippen MR) is 77.1 cm³/mol. The number of amides is 1. The Bertz CT molecular complexity index is 663. The van der Waals surface area contributed by atoms with Gasteiger partial charge in [-0.2, -0.15) is 0 Å². The summed E-state index contributed by atoms with van der Waals surface area (Å²) in [5.41, 5.74) is 0.655. The van der Waals surface area contributed by atoms with Crippen LogP contribution in [0.2, 0.25) is 0 Å². The minimum atomic E-state index is -1.11. The van der Waals surface area contributed by atoms with Crippen LogP contribution in [-0.4, -0.2) is 17.0 Å². The molecular weight excluding hydrogens is 326 g/mol. The van der Waals surface area contributed by atoms with Crippen LogP contribution in [0.25, 0.3) is 0 Å². The van der Waals surface area contributed by atoms with Gasteiger partial charge in [0.15, 0.2) is 0 Å². The van der Waals surface area contributed by atoms with Crippen molar-refractivity contribution in [2.75, 3.05) is 5.32 Å². The molecule has 0 saturated carbocycles. The first-order chi connectivity index (χ1) is 9.54. The molecule has 5 nitrogen and oxygen atoms in total. The highest BCUT2D eigenvalue weighted by molar-refractivity contribution is 9.10. The van der Waals surface area contributed by atoms with Gasteiger partial charge in [0.2, 0.25) is 0 Å². The first-order valence-corrected chi connectivity index (χ1v) is 6.73. The van der Waals surface area contributed by atoms with Gasteiger partial charge in [0, 0.05) is 10.9 Å². The molecule has 1 aromatic carbocycles. The van der Waals surface area contributed by atoms with Gasteiger partial charge in [-0.3, -0.25) is 4.79 Å². The average molecular weight is 338 g/mol. The third-order valence-corrected chi connectivity index (χ3v) is 3.45. The van der Waals surface area contributed by atoms with E-state index in [0.717, 1.165) is 0 Å². The molecule has 0 unspecified atom stereocenters. The highest BCUT2D eigenvalue weighted by Crippen LogP contribution is 2.27. The number of furan rings is 1. The third kappa shape index (κ3) is 2.75. The van der Waals surface area contributed by atoms with Gasteiger partial charge in [0.25, 0.3) is 5.91 Å². The number of para-hydroxylation sites is 1. The Hall–Kier alpha value is -2.08. The number of halogens is 1. The Morgan fingerprint density at radius 1 is 1.30 bits per heavy atom. The Morgan fingerprint density at radius 3 is 2.70 bits per heavy atom. The monoisotopic (exact) mass is 337 g/mol. The van der Waals surface area contributed by atoms with Crippen molar-refractivity contribution in [3.8, 4) is 0 Å². The molecule has 6 heteroatoms. The highest BCUT2D eigenvalue weighted by Gasteiger charge is 2.18. The summed E-state index contributed by atoms with van der Waals surface area (Å²) in [6, 6.07) is 6.25. The van der Waals surface area contributed by atoms with E-state index in [4.69, 9.17) is 9.52 Å². The number of carbonyl (C=O) groups is 2. The van der Waals surface area contributed by atoms with Crippen molar-refractivity contribution < 1.29 is 19.1 Å². The van der Waals surface area contributed by atoms with Crippen LogP contribution in [0.4, 0.5) is 5.69 Å². The SMILES string of the molecule is CCc1occc1C(=O)Nc1c(Br)cccc1C(=O)O. The third-order valence-electron chi connectivity index (χ3n) is 2.79. The number of rotatable bonds is 4. The summed E-state index contributed by atoms with van der Waals surface area (Å²) < 4.78 is 5.70. The molecule has 20 heavy (non-hydrogen) atoms. The zero-order chi connectivity index (χ0) is 14.7. The van der Waals surface area contributed by atoms with Crippen molar-refractivity contribution in [1.29, 1.82) is 0 Å². The zero-order valence-corrected chi connectivity index (χ0v) is 12.2. The second kappa shape index (κ2) is 5.92. The predicted octanol–water partition coefficient (Wildman–Crippen LogP) is 3.56. The van der Waals surface area contributed by atoms with Crippen LogP contribution in [0.3, 0.4) is 0 Å². The minimum Gasteiger partial charge on any atom is -0.478 e. The van der Waals surface area contributed by atoms with E-state index in [1.54, 1.807) is 18.2 Å². The number of nitrogens with one attached hydrogen (secondary N) is 1. The number of anilines is 1. The van der Waals surface area contributed by atoms with Crippen LogP contribution in [0.15, 0.2) is 39.4 Å². The Balaban J connectivity index is 2.35. The number of carboxylic acid groups (broad SMARTS) is 1. The molecule has 0 spiro atoms. The highest BCUT2D eigenvalue weighted by atomic mass is 79.9. The topological polar surface area (TPSA) is 79.5 Å². The largest absolute Gasteiger partial charge is 0.478 e. The zero-order valence-electron chi connectivity index (χ0n) is 10.6. The maximum atomic E-state index is 12.2. The Kier molecular flexibility index (Phi) is 4.24. The fourth-order valence-electron chi connectivity index (χ4n) is 1.83. The van der Waals surface area contributed by atoms with Crippen LogP contribution >= 0.6 is 15.9 Å². The molecule has 0 aliphatic rings. The van der Waals surface area contributed by atoms with E-state index in [1.807, 2.05) is 6.92 Å². The smallest absolute Gasteiger partial charge is 0.337 e.